The maximum absolute atomic E-state index is 8.61. The summed E-state index contributed by atoms with van der Waals surface area (Å²) in [7, 11) is 0. The van der Waals surface area contributed by atoms with E-state index in [0.29, 0.717) is 0 Å². The molecule has 0 fully saturated rings. The summed E-state index contributed by atoms with van der Waals surface area (Å²) in [6.07, 6.45) is 0. The summed E-state index contributed by atoms with van der Waals surface area (Å²) in [5.41, 5.74) is 0. The average Bonchev–Trinajstić information content (AvgIpc) is 1.12. The van der Waals surface area contributed by atoms with Crippen molar-refractivity contribution >= 4 is 142 Å². The second-order valence-corrected chi connectivity index (χ2v) is 4.65. The summed E-state index contributed by atoms with van der Waals surface area (Å²) < 4.78 is 68.9. The van der Waals surface area contributed by atoms with Gasteiger partial charge in [-0.15, -0.1) is 0 Å². The third-order valence-corrected chi connectivity index (χ3v) is 0. The van der Waals surface area contributed by atoms with Gasteiger partial charge in [0, 0.05) is 0 Å². The van der Waals surface area contributed by atoms with Crippen LogP contribution in [0.25, 0.3) is 0 Å². The molecule has 0 aromatic rings. The van der Waals surface area contributed by atoms with E-state index < -0.39 is 29.0 Å². The minimum absolute atomic E-state index is 0. The fourth-order valence-electron chi connectivity index (χ4n) is 0. The second-order valence-electron chi connectivity index (χ2n) is 0.894. The third kappa shape index (κ3) is 311. The molecule has 0 unspecified atom stereocenters. The van der Waals surface area contributed by atoms with E-state index in [1.165, 1.54) is 0 Å². The maximum atomic E-state index is 8.61. The minimum atomic E-state index is -5.88. The number of hydrogen-bond donors (Lipinski definition) is 0. The summed E-state index contributed by atoms with van der Waals surface area (Å²) in [5.74, 6) is 0. The van der Waals surface area contributed by atoms with E-state index in [2.05, 4.69) is 0 Å². The van der Waals surface area contributed by atoms with Crippen LogP contribution in [0.4, 0.5) is 0 Å². The van der Waals surface area contributed by atoms with E-state index in [4.69, 9.17) is 32.1 Å². The van der Waals surface area contributed by atoms with Crippen LogP contribution in [0.5, 0.6) is 0 Å². The molecule has 0 spiro atoms. The standard InChI is InChI=1S/2AsH3O4.3Ca.3H2O/c2*2-1(3,4)5;;;;;;/h2*(H3,2,3,4,5);;;;3*1H2/q;;3*+2;;;/p-6. The van der Waals surface area contributed by atoms with E-state index in [0.717, 1.165) is 0 Å². The third-order valence-electron chi connectivity index (χ3n) is 0. The largest absolute Gasteiger partial charge is 2.00 e. The summed E-state index contributed by atoms with van der Waals surface area (Å²) in [4.78, 5) is 0. The first kappa shape index (κ1) is 50.1. The molecule has 0 aliphatic carbocycles. The van der Waals surface area contributed by atoms with Crippen LogP contribution in [0.2, 0.25) is 0 Å². The normalized spacial score (nSPS) is 7.38. The summed E-state index contributed by atoms with van der Waals surface area (Å²) in [5, 5.41) is 0. The molecular weight excluding hydrogens is 446 g/mol. The first-order chi connectivity index (χ1) is 4.00. The van der Waals surface area contributed by atoms with Gasteiger partial charge in [0.2, 0.25) is 0 Å². The van der Waals surface area contributed by atoms with Crippen molar-refractivity contribution in [2.24, 2.45) is 0 Å². The van der Waals surface area contributed by atoms with Gasteiger partial charge in [-0.25, -0.2) is 0 Å². The molecular formula is H6As2Ca3O11. The average molecular weight is 452 g/mol. The van der Waals surface area contributed by atoms with E-state index >= 15 is 0 Å². The van der Waals surface area contributed by atoms with Crippen molar-refractivity contribution in [1.29, 1.82) is 0 Å². The minimum Gasteiger partial charge on any atom is 2.00 e. The first-order valence-corrected chi connectivity index (χ1v) is 7.59. The maximum Gasteiger partial charge on any atom is 2.00 e. The monoisotopic (exact) mass is 452 g/mol. The van der Waals surface area contributed by atoms with Crippen molar-refractivity contribution in [2.75, 3.05) is 0 Å². The predicted octanol–water partition coefficient (Wildman–Crippen LogP) is -11.7. The molecule has 0 heterocycles. The Bertz CT molecular complexity index is 132. The van der Waals surface area contributed by atoms with Gasteiger partial charge in [-0.1, -0.05) is 0 Å². The number of rotatable bonds is 0. The van der Waals surface area contributed by atoms with Crippen molar-refractivity contribution in [2.45, 2.75) is 0 Å². The molecule has 0 bridgehead atoms. The van der Waals surface area contributed by atoms with Crippen molar-refractivity contribution in [3.8, 4) is 0 Å². The van der Waals surface area contributed by atoms with Gasteiger partial charge in [0.25, 0.3) is 0 Å². The van der Waals surface area contributed by atoms with Crippen LogP contribution in [-0.2, 0) is 7.48 Å². The van der Waals surface area contributed by atoms with Crippen LogP contribution in [-0.4, -0.2) is 159 Å². The van der Waals surface area contributed by atoms with Gasteiger partial charge in [-0.2, -0.15) is 0 Å². The summed E-state index contributed by atoms with van der Waals surface area (Å²) >= 11 is -11.8. The molecule has 0 rings (SSSR count). The Hall–Kier alpha value is 4.14. The molecule has 0 aromatic heterocycles. The van der Waals surface area contributed by atoms with Gasteiger partial charge in [0.05, 0.1) is 0 Å². The Morgan fingerprint density at radius 3 is 0.500 bits per heavy atom. The summed E-state index contributed by atoms with van der Waals surface area (Å²) in [6, 6.07) is 0. The molecule has 0 saturated carbocycles. The molecule has 88 valence electrons. The van der Waals surface area contributed by atoms with E-state index in [1.54, 1.807) is 0 Å². The molecule has 6 N–H and O–H groups in total. The Balaban J connectivity index is -0.00000000970. The molecule has 0 radical (unpaired) electrons. The van der Waals surface area contributed by atoms with E-state index in [-0.39, 0.29) is 130 Å². The fourth-order valence-corrected chi connectivity index (χ4v) is 0. The first-order valence-electron chi connectivity index (χ1n) is 1.46. The van der Waals surface area contributed by atoms with E-state index in [1.807, 2.05) is 0 Å². The Kier molecular flexibility index (Phi) is 75.6. The molecule has 0 atom stereocenters. The Labute approximate surface area is 186 Å². The number of hydrogen-bond acceptors (Lipinski definition) is 8. The second kappa shape index (κ2) is 24.2. The van der Waals surface area contributed by atoms with Crippen molar-refractivity contribution in [3.05, 3.63) is 0 Å². The van der Waals surface area contributed by atoms with Crippen LogP contribution >= 0.6 is 0 Å². The van der Waals surface area contributed by atoms with Crippen LogP contribution in [0.3, 0.4) is 0 Å². The molecule has 0 saturated heterocycles. The van der Waals surface area contributed by atoms with Crippen LogP contribution in [0, 0.1) is 0 Å². The zero-order chi connectivity index (χ0) is 9.00. The van der Waals surface area contributed by atoms with Crippen molar-refractivity contribution in [1.82, 2.24) is 0 Å². The SMILES string of the molecule is O.O.O.O=[As]([O-])([O-])[O-].O=[As]([O-])([O-])[O-].[Ca+2].[Ca+2].[Ca+2]. The van der Waals surface area contributed by atoms with Gasteiger partial charge < -0.3 is 16.4 Å². The smallest absolute Gasteiger partial charge is 2.00 e. The van der Waals surface area contributed by atoms with Gasteiger partial charge in [-0.3, -0.25) is 0 Å². The van der Waals surface area contributed by atoms with E-state index in [9.17, 15) is 0 Å². The van der Waals surface area contributed by atoms with Gasteiger partial charge >= 0.3 is 174 Å². The van der Waals surface area contributed by atoms with Crippen LogP contribution in [0.1, 0.15) is 0 Å². The Morgan fingerprint density at radius 2 is 0.500 bits per heavy atom. The molecule has 16 heavy (non-hydrogen) atoms. The van der Waals surface area contributed by atoms with Crippen LogP contribution in [0.15, 0.2) is 0 Å². The molecule has 16 heteroatoms. The quantitative estimate of drug-likeness (QED) is 0.317. The van der Waals surface area contributed by atoms with Crippen molar-refractivity contribution < 1.29 is 48.5 Å². The van der Waals surface area contributed by atoms with Crippen LogP contribution < -0.4 is 24.6 Å². The van der Waals surface area contributed by atoms with Gasteiger partial charge in [0.1, 0.15) is 0 Å². The van der Waals surface area contributed by atoms with Gasteiger partial charge in [0.15, 0.2) is 0 Å². The summed E-state index contributed by atoms with van der Waals surface area (Å²) in [6.45, 7) is 0. The molecule has 0 aliphatic heterocycles. The molecule has 0 aliphatic rings. The van der Waals surface area contributed by atoms with Crippen molar-refractivity contribution in [3.63, 3.8) is 0 Å². The molecule has 0 aromatic carbocycles. The zero-order valence-corrected chi connectivity index (χ0v) is 18.2. The van der Waals surface area contributed by atoms with Gasteiger partial charge in [-0.05, 0) is 0 Å². The molecule has 0 amide bonds. The zero-order valence-electron chi connectivity index (χ0n) is 7.78. The fraction of sp³-hybridized carbons (Fsp3) is 0. The molecule has 11 nitrogen and oxygen atoms in total. The predicted molar refractivity (Wildman–Crippen MR) is 41.0 cm³/mol. The Morgan fingerprint density at radius 1 is 0.500 bits per heavy atom. The topological polar surface area (TPSA) is 267 Å².